The number of benzene rings is 2. The van der Waals surface area contributed by atoms with Crippen molar-refractivity contribution in [2.75, 3.05) is 19.4 Å². The largest absolute Gasteiger partial charge is 0.496 e. The Labute approximate surface area is 166 Å². The van der Waals surface area contributed by atoms with E-state index in [0.717, 1.165) is 22.0 Å². The van der Waals surface area contributed by atoms with Crippen LogP contribution in [0.3, 0.4) is 0 Å². The van der Waals surface area contributed by atoms with E-state index in [2.05, 4.69) is 12.2 Å². The molecule has 26 heavy (non-hydrogen) atoms. The minimum atomic E-state index is -1.03. The maximum absolute atomic E-state index is 12.5. The molecule has 2 aromatic rings. The highest BCUT2D eigenvalue weighted by molar-refractivity contribution is 7.99. The number of carbonyl (C=O) groups is 1. The average Bonchev–Trinajstić information content (AvgIpc) is 2.65. The fraction of sp³-hybridized carbons (Fsp3) is 0.350. The highest BCUT2D eigenvalue weighted by atomic mass is 35.5. The van der Waals surface area contributed by atoms with Gasteiger partial charge in [0.15, 0.2) is 0 Å². The summed E-state index contributed by atoms with van der Waals surface area (Å²) in [4.78, 5) is 13.6. The number of nitrogens with two attached hydrogens (primary N) is 1. The second-order valence-corrected chi connectivity index (χ2v) is 7.41. The summed E-state index contributed by atoms with van der Waals surface area (Å²) in [6.45, 7) is 4.44. The molecule has 0 fully saturated rings. The van der Waals surface area contributed by atoms with Crippen LogP contribution in [0.1, 0.15) is 19.4 Å². The number of ether oxygens (including phenoxy) is 1. The van der Waals surface area contributed by atoms with Gasteiger partial charge in [0.05, 0.1) is 7.11 Å². The minimum absolute atomic E-state index is 0. The summed E-state index contributed by atoms with van der Waals surface area (Å²) in [7, 11) is 1.68. The lowest BCUT2D eigenvalue weighted by atomic mass is 9.92. The van der Waals surface area contributed by atoms with E-state index in [1.54, 1.807) is 25.8 Å². The first kappa shape index (κ1) is 22.4. The summed E-state index contributed by atoms with van der Waals surface area (Å²) in [6.07, 6.45) is 0. The third-order valence-corrected chi connectivity index (χ3v) is 5.43. The molecule has 0 heterocycles. The Morgan fingerprint density at radius 2 is 1.81 bits per heavy atom. The molecule has 0 bridgehead atoms. The lowest BCUT2D eigenvalue weighted by Gasteiger charge is -2.25. The van der Waals surface area contributed by atoms with Gasteiger partial charge in [-0.3, -0.25) is 4.79 Å². The molecule has 3 N–H and O–H groups in total. The predicted molar refractivity (Wildman–Crippen MR) is 111 cm³/mol. The zero-order chi connectivity index (χ0) is 18.3. The highest BCUT2D eigenvalue weighted by Gasteiger charge is 2.30. The fourth-order valence-corrected chi connectivity index (χ4v) is 3.45. The van der Waals surface area contributed by atoms with Crippen LogP contribution in [0.4, 0.5) is 0 Å². The zero-order valence-electron chi connectivity index (χ0n) is 15.4. The molecule has 2 unspecified atom stereocenters. The first-order chi connectivity index (χ1) is 11.9. The number of rotatable bonds is 8. The molecule has 0 aromatic heterocycles. The van der Waals surface area contributed by atoms with Gasteiger partial charge in [-0.25, -0.2) is 0 Å². The molecule has 1 amide bonds. The van der Waals surface area contributed by atoms with Crippen molar-refractivity contribution < 1.29 is 9.53 Å². The average molecular weight is 395 g/mol. The number of nitrogens with one attached hydrogen (secondary N) is 1. The molecule has 142 valence electrons. The van der Waals surface area contributed by atoms with E-state index >= 15 is 0 Å². The van der Waals surface area contributed by atoms with Crippen LogP contribution in [0, 0.1) is 5.92 Å². The standard InChI is InChI=1S/C20H26N2O2S.ClH/c1-15(14-25-18-12-8-7-11-17(18)24-3)13-22-19(23)20(2,21)16-9-5-4-6-10-16;/h4-12,15H,13-14,21H2,1-3H3,(H,22,23);1H. The van der Waals surface area contributed by atoms with Crippen molar-refractivity contribution in [3.05, 3.63) is 60.2 Å². The van der Waals surface area contributed by atoms with Crippen LogP contribution < -0.4 is 15.8 Å². The van der Waals surface area contributed by atoms with Crippen molar-refractivity contribution in [2.45, 2.75) is 24.3 Å². The van der Waals surface area contributed by atoms with Gasteiger partial charge in [-0.05, 0) is 30.5 Å². The molecule has 0 spiro atoms. The van der Waals surface area contributed by atoms with Crippen molar-refractivity contribution in [1.29, 1.82) is 0 Å². The first-order valence-corrected chi connectivity index (χ1v) is 9.32. The third-order valence-electron chi connectivity index (χ3n) is 4.05. The maximum atomic E-state index is 12.5. The SMILES string of the molecule is COc1ccccc1SCC(C)CNC(=O)C(C)(N)c1ccccc1.Cl. The number of carbonyl (C=O) groups excluding carboxylic acids is 1. The minimum Gasteiger partial charge on any atom is -0.496 e. The van der Waals surface area contributed by atoms with E-state index in [9.17, 15) is 4.79 Å². The van der Waals surface area contributed by atoms with Crippen molar-refractivity contribution in [2.24, 2.45) is 11.7 Å². The summed E-state index contributed by atoms with van der Waals surface area (Å²) in [6, 6.07) is 17.4. The van der Waals surface area contributed by atoms with Gasteiger partial charge in [-0.15, -0.1) is 24.2 Å². The quantitative estimate of drug-likeness (QED) is 0.668. The van der Waals surface area contributed by atoms with E-state index in [4.69, 9.17) is 10.5 Å². The molecule has 4 nitrogen and oxygen atoms in total. The Morgan fingerprint density at radius 3 is 2.46 bits per heavy atom. The molecule has 0 aliphatic heterocycles. The maximum Gasteiger partial charge on any atom is 0.244 e. The Bertz CT molecular complexity index is 695. The summed E-state index contributed by atoms with van der Waals surface area (Å²) in [5.41, 5.74) is 6.01. The molecule has 6 heteroatoms. The van der Waals surface area contributed by atoms with E-state index in [1.807, 2.05) is 54.6 Å². The number of methoxy groups -OCH3 is 1. The molecular formula is C20H27ClN2O2S. The smallest absolute Gasteiger partial charge is 0.244 e. The van der Waals surface area contributed by atoms with Gasteiger partial charge in [0.2, 0.25) is 5.91 Å². The monoisotopic (exact) mass is 394 g/mol. The van der Waals surface area contributed by atoms with Gasteiger partial charge < -0.3 is 15.8 Å². The van der Waals surface area contributed by atoms with E-state index in [1.165, 1.54) is 0 Å². The second kappa shape index (κ2) is 10.5. The van der Waals surface area contributed by atoms with E-state index in [0.29, 0.717) is 12.5 Å². The fourth-order valence-electron chi connectivity index (χ4n) is 2.40. The molecule has 0 radical (unpaired) electrons. The lowest BCUT2D eigenvalue weighted by molar-refractivity contribution is -0.126. The molecular weight excluding hydrogens is 368 g/mol. The van der Waals surface area contributed by atoms with Gasteiger partial charge >= 0.3 is 0 Å². The molecule has 0 aliphatic carbocycles. The number of hydrogen-bond acceptors (Lipinski definition) is 4. The van der Waals surface area contributed by atoms with Crippen LogP contribution in [-0.2, 0) is 10.3 Å². The predicted octanol–water partition coefficient (Wildman–Crippen LogP) is 3.84. The number of halogens is 1. The van der Waals surface area contributed by atoms with Gasteiger partial charge in [-0.1, -0.05) is 49.4 Å². The Kier molecular flexibility index (Phi) is 8.99. The van der Waals surface area contributed by atoms with E-state index < -0.39 is 5.54 Å². The van der Waals surface area contributed by atoms with Crippen LogP contribution in [0.2, 0.25) is 0 Å². The Hall–Kier alpha value is -1.69. The summed E-state index contributed by atoms with van der Waals surface area (Å²) in [5.74, 6) is 1.91. The van der Waals surface area contributed by atoms with Crippen LogP contribution in [0.15, 0.2) is 59.5 Å². The Balaban J connectivity index is 0.00000338. The lowest BCUT2D eigenvalue weighted by Crippen LogP contribution is -2.50. The highest BCUT2D eigenvalue weighted by Crippen LogP contribution is 2.29. The molecule has 0 saturated carbocycles. The van der Waals surface area contributed by atoms with Crippen LogP contribution in [0.5, 0.6) is 5.75 Å². The van der Waals surface area contributed by atoms with Crippen LogP contribution in [0.25, 0.3) is 0 Å². The summed E-state index contributed by atoms with van der Waals surface area (Å²) < 4.78 is 5.36. The van der Waals surface area contributed by atoms with Crippen LogP contribution >= 0.6 is 24.2 Å². The van der Waals surface area contributed by atoms with Crippen molar-refractivity contribution in [3.8, 4) is 5.75 Å². The Morgan fingerprint density at radius 1 is 1.19 bits per heavy atom. The van der Waals surface area contributed by atoms with Gasteiger partial charge in [0, 0.05) is 17.2 Å². The van der Waals surface area contributed by atoms with Gasteiger partial charge in [-0.2, -0.15) is 0 Å². The van der Waals surface area contributed by atoms with Crippen LogP contribution in [-0.4, -0.2) is 25.3 Å². The summed E-state index contributed by atoms with van der Waals surface area (Å²) in [5, 5.41) is 2.98. The molecule has 2 atom stereocenters. The van der Waals surface area contributed by atoms with Gasteiger partial charge in [0.1, 0.15) is 11.3 Å². The molecule has 2 aromatic carbocycles. The second-order valence-electron chi connectivity index (χ2n) is 6.35. The topological polar surface area (TPSA) is 64.3 Å². The third kappa shape index (κ3) is 5.94. The number of para-hydroxylation sites is 1. The number of thioether (sulfide) groups is 1. The molecule has 0 aliphatic rings. The number of hydrogen-bond donors (Lipinski definition) is 2. The van der Waals surface area contributed by atoms with E-state index in [-0.39, 0.29) is 18.3 Å². The van der Waals surface area contributed by atoms with Crippen molar-refractivity contribution >= 4 is 30.1 Å². The number of amides is 1. The molecule has 2 rings (SSSR count). The molecule has 0 saturated heterocycles. The zero-order valence-corrected chi connectivity index (χ0v) is 17.0. The first-order valence-electron chi connectivity index (χ1n) is 8.33. The van der Waals surface area contributed by atoms with Gasteiger partial charge in [0.25, 0.3) is 0 Å². The normalized spacial score (nSPS) is 13.8. The summed E-state index contributed by atoms with van der Waals surface area (Å²) >= 11 is 1.73. The van der Waals surface area contributed by atoms with Crippen molar-refractivity contribution in [3.63, 3.8) is 0 Å². The van der Waals surface area contributed by atoms with Crippen molar-refractivity contribution in [1.82, 2.24) is 5.32 Å².